The van der Waals surface area contributed by atoms with Crippen molar-refractivity contribution in [2.75, 3.05) is 13.2 Å². The Morgan fingerprint density at radius 1 is 0.593 bits per heavy atom. The second-order valence-electron chi connectivity index (χ2n) is 4.99. The van der Waals surface area contributed by atoms with Gasteiger partial charge in [-0.2, -0.15) is 0 Å². The third kappa shape index (κ3) is 11.6. The minimum Gasteiger partial charge on any atom is -0.547 e. The molecule has 27 heavy (non-hydrogen) atoms. The van der Waals surface area contributed by atoms with Gasteiger partial charge in [0.25, 0.3) is 0 Å². The van der Waals surface area contributed by atoms with Crippen molar-refractivity contribution in [3.05, 3.63) is 0 Å². The first-order chi connectivity index (χ1) is 11.8. The maximum absolute atomic E-state index is 9.98. The normalized spacial score (nSPS) is 19.6. The Hall–Kier alpha value is 0.111. The molecule has 0 aromatic carbocycles. The third-order valence-electron chi connectivity index (χ3n) is 2.99. The van der Waals surface area contributed by atoms with Crippen LogP contribution in [0.25, 0.3) is 0 Å². The number of aliphatic hydroxyl groups excluding tert-OH is 10. The smallest absolute Gasteiger partial charge is 0.547 e. The Bertz CT molecular complexity index is 385. The van der Waals surface area contributed by atoms with Crippen LogP contribution in [0.15, 0.2) is 0 Å². The Morgan fingerprint density at radius 2 is 0.815 bits per heavy atom. The standard InChI is InChI=1S/2C6H12O7.Ba/c2*7-1-2(8)3(9)4(10)5(11)6(12)13;/h2*2-5,7-11H,1H2,(H,12,13);/q;;+2/p-2/t2*2-,3-,4+,5-;/m11./s1. The minimum absolute atomic E-state index is 0. The first kappa shape index (κ1) is 31.8. The number of carbonyl (C=O) groups excluding carboxylic acids is 2. The summed E-state index contributed by atoms with van der Waals surface area (Å²) in [5, 5.41) is 107. The molecule has 0 aliphatic carbocycles. The molecule has 156 valence electrons. The number of carboxylic acid groups (broad SMARTS) is 2. The molecular weight excluding hydrogens is 505 g/mol. The molecule has 0 aliphatic heterocycles. The summed E-state index contributed by atoms with van der Waals surface area (Å²) in [5.74, 6) is -3.95. The van der Waals surface area contributed by atoms with E-state index in [9.17, 15) is 19.8 Å². The summed E-state index contributed by atoms with van der Waals surface area (Å²) in [4.78, 5) is 20.0. The number of aliphatic hydroxyl groups is 10. The molecule has 0 aromatic heterocycles. The number of hydrogen-bond acceptors (Lipinski definition) is 14. The van der Waals surface area contributed by atoms with E-state index in [4.69, 9.17) is 51.1 Å². The number of carbonyl (C=O) groups is 2. The molecule has 10 N–H and O–H groups in total. The van der Waals surface area contributed by atoms with Crippen molar-refractivity contribution in [1.29, 1.82) is 0 Å². The van der Waals surface area contributed by atoms with Gasteiger partial charge >= 0.3 is 48.9 Å². The van der Waals surface area contributed by atoms with Crippen LogP contribution < -0.4 is 10.2 Å². The summed E-state index contributed by atoms with van der Waals surface area (Å²) >= 11 is 0. The van der Waals surface area contributed by atoms with Crippen LogP contribution in [0.5, 0.6) is 0 Å². The van der Waals surface area contributed by atoms with Crippen molar-refractivity contribution in [1.82, 2.24) is 0 Å². The Morgan fingerprint density at radius 3 is 0.963 bits per heavy atom. The predicted octanol–water partition coefficient (Wildman–Crippen LogP) is -10.0. The molecular formula is C12H22BaO14. The molecule has 0 radical (unpaired) electrons. The molecule has 0 aliphatic rings. The summed E-state index contributed by atoms with van der Waals surface area (Å²) in [7, 11) is 0. The zero-order chi connectivity index (χ0) is 21.2. The van der Waals surface area contributed by atoms with Gasteiger partial charge < -0.3 is 70.9 Å². The van der Waals surface area contributed by atoms with Crippen LogP contribution in [0.2, 0.25) is 0 Å². The Kier molecular flexibility index (Phi) is 18.8. The molecule has 0 fully saturated rings. The molecule has 8 atom stereocenters. The third-order valence-corrected chi connectivity index (χ3v) is 2.99. The van der Waals surface area contributed by atoms with Crippen molar-refractivity contribution >= 4 is 60.8 Å². The molecule has 0 bridgehead atoms. The average Bonchev–Trinajstić information content (AvgIpc) is 2.62. The number of aliphatic carboxylic acids is 2. The first-order valence-electron chi connectivity index (χ1n) is 6.91. The van der Waals surface area contributed by atoms with E-state index >= 15 is 0 Å². The van der Waals surface area contributed by atoms with Gasteiger partial charge in [-0.25, -0.2) is 0 Å². The van der Waals surface area contributed by atoms with Gasteiger partial charge in [0.05, 0.1) is 25.2 Å². The fourth-order valence-corrected chi connectivity index (χ4v) is 1.32. The van der Waals surface area contributed by atoms with Crippen molar-refractivity contribution < 1.29 is 70.9 Å². The molecule has 0 spiro atoms. The fourth-order valence-electron chi connectivity index (χ4n) is 1.32. The van der Waals surface area contributed by atoms with Gasteiger partial charge in [0, 0.05) is 0 Å². The topological polar surface area (TPSA) is 283 Å². The van der Waals surface area contributed by atoms with Crippen LogP contribution in [0.4, 0.5) is 0 Å². The maximum Gasteiger partial charge on any atom is 2.00 e. The quantitative estimate of drug-likeness (QED) is 0.118. The number of carboxylic acids is 2. The second-order valence-corrected chi connectivity index (χ2v) is 4.99. The van der Waals surface area contributed by atoms with Crippen molar-refractivity contribution in [3.8, 4) is 0 Å². The van der Waals surface area contributed by atoms with Gasteiger partial charge in [-0.15, -0.1) is 0 Å². The van der Waals surface area contributed by atoms with Crippen LogP contribution in [0.3, 0.4) is 0 Å². The molecule has 0 unspecified atom stereocenters. The van der Waals surface area contributed by atoms with E-state index in [-0.39, 0.29) is 48.9 Å². The van der Waals surface area contributed by atoms with Crippen LogP contribution in [0.1, 0.15) is 0 Å². The molecule has 0 heterocycles. The summed E-state index contributed by atoms with van der Waals surface area (Å²) in [5.41, 5.74) is 0. The number of rotatable bonds is 10. The maximum atomic E-state index is 9.98. The number of hydrogen-bond donors (Lipinski definition) is 10. The minimum atomic E-state index is -2.31. The van der Waals surface area contributed by atoms with Gasteiger partial charge in [0.1, 0.15) is 48.8 Å². The fraction of sp³-hybridized carbons (Fsp3) is 0.833. The molecule has 15 heteroatoms. The molecule has 0 aromatic rings. The molecule has 0 saturated heterocycles. The molecule has 0 amide bonds. The first-order valence-corrected chi connectivity index (χ1v) is 6.91. The molecule has 0 rings (SSSR count). The summed E-state index contributed by atoms with van der Waals surface area (Å²) < 4.78 is 0. The zero-order valence-corrected chi connectivity index (χ0v) is 18.3. The van der Waals surface area contributed by atoms with E-state index in [2.05, 4.69) is 0 Å². The van der Waals surface area contributed by atoms with E-state index < -0.39 is 74.0 Å². The summed E-state index contributed by atoms with van der Waals surface area (Å²) in [6.07, 6.45) is -16.2. The van der Waals surface area contributed by atoms with Gasteiger partial charge in [-0.05, 0) is 0 Å². The van der Waals surface area contributed by atoms with Crippen molar-refractivity contribution in [3.63, 3.8) is 0 Å². The zero-order valence-electron chi connectivity index (χ0n) is 13.8. The molecule has 0 saturated carbocycles. The Balaban J connectivity index is -0.000000411. The summed E-state index contributed by atoms with van der Waals surface area (Å²) in [6, 6.07) is 0. The van der Waals surface area contributed by atoms with E-state index in [0.717, 1.165) is 0 Å². The van der Waals surface area contributed by atoms with Crippen molar-refractivity contribution in [2.24, 2.45) is 0 Å². The van der Waals surface area contributed by atoms with Gasteiger partial charge in [-0.1, -0.05) is 0 Å². The molecule has 14 nitrogen and oxygen atoms in total. The van der Waals surface area contributed by atoms with Crippen LogP contribution >= 0.6 is 0 Å². The van der Waals surface area contributed by atoms with Crippen LogP contribution in [0, 0.1) is 0 Å². The largest absolute Gasteiger partial charge is 2.00 e. The van der Waals surface area contributed by atoms with Crippen LogP contribution in [-0.4, -0.2) is 174 Å². The SMILES string of the molecule is O=C([O-])[C@H](O)[C@@H](O)[C@H](O)[C@H](O)CO.O=C([O-])[C@H](O)[C@@H](O)[C@H](O)[C@H](O)CO.[Ba+2]. The van der Waals surface area contributed by atoms with E-state index in [0.29, 0.717) is 0 Å². The van der Waals surface area contributed by atoms with Crippen molar-refractivity contribution in [2.45, 2.75) is 48.8 Å². The van der Waals surface area contributed by atoms with E-state index in [1.165, 1.54) is 0 Å². The predicted molar refractivity (Wildman–Crippen MR) is 78.0 cm³/mol. The van der Waals surface area contributed by atoms with Gasteiger partial charge in [-0.3, -0.25) is 0 Å². The van der Waals surface area contributed by atoms with Gasteiger partial charge in [0.2, 0.25) is 0 Å². The van der Waals surface area contributed by atoms with Gasteiger partial charge in [0.15, 0.2) is 0 Å². The summed E-state index contributed by atoms with van der Waals surface area (Å²) in [6.45, 7) is -1.73. The van der Waals surface area contributed by atoms with Crippen LogP contribution in [-0.2, 0) is 9.59 Å². The Labute approximate surface area is 192 Å². The average molecular weight is 528 g/mol. The monoisotopic (exact) mass is 528 g/mol. The second kappa shape index (κ2) is 16.0. The van der Waals surface area contributed by atoms with E-state index in [1.807, 2.05) is 0 Å². The van der Waals surface area contributed by atoms with E-state index in [1.54, 1.807) is 0 Å².